The molecule has 0 aromatic carbocycles. The van der Waals surface area contributed by atoms with Gasteiger partial charge in [-0.2, -0.15) is 0 Å². The van der Waals surface area contributed by atoms with E-state index in [1.54, 1.807) is 13.3 Å². The molecule has 0 aliphatic carbocycles. The molecule has 80 valence electrons. The van der Waals surface area contributed by atoms with E-state index < -0.39 is 0 Å². The van der Waals surface area contributed by atoms with E-state index in [4.69, 9.17) is 4.74 Å². The number of pyridine rings is 1. The minimum Gasteiger partial charge on any atom is -0.495 e. The molecule has 2 saturated heterocycles. The van der Waals surface area contributed by atoms with Crippen molar-refractivity contribution in [3.63, 3.8) is 0 Å². The Balaban J connectivity index is 1.80. The van der Waals surface area contributed by atoms with Crippen LogP contribution in [0.15, 0.2) is 18.5 Å². The Morgan fingerprint density at radius 1 is 1.47 bits per heavy atom. The number of anilines is 1. The van der Waals surface area contributed by atoms with E-state index in [0.717, 1.165) is 24.8 Å². The minimum absolute atomic E-state index is 0.691. The zero-order valence-electron chi connectivity index (χ0n) is 8.81. The first kappa shape index (κ1) is 8.97. The van der Waals surface area contributed by atoms with Crippen LogP contribution in [0.25, 0.3) is 0 Å². The smallest absolute Gasteiger partial charge is 0.139 e. The number of hydrogen-bond acceptors (Lipinski definition) is 4. The summed E-state index contributed by atoms with van der Waals surface area (Å²) in [6, 6.07) is 2.74. The van der Waals surface area contributed by atoms with Crippen LogP contribution in [0.5, 0.6) is 5.75 Å². The molecule has 0 radical (unpaired) electrons. The molecule has 0 saturated carbocycles. The second-order valence-corrected chi connectivity index (χ2v) is 4.26. The van der Waals surface area contributed by atoms with Crippen molar-refractivity contribution in [3.8, 4) is 5.75 Å². The Hall–Kier alpha value is -1.29. The number of nitrogens with one attached hydrogen (secondary N) is 1. The molecule has 3 rings (SSSR count). The first-order chi connectivity index (χ1) is 7.36. The highest BCUT2D eigenvalue weighted by Crippen LogP contribution is 2.29. The van der Waals surface area contributed by atoms with Crippen molar-refractivity contribution in [1.82, 2.24) is 10.3 Å². The standard InChI is InChI=1S/C11H15N3O/c1-15-10-2-9(4-12-5-10)14-6-8-3-13-11(8)7-14/h2,4-5,8,11,13H,3,6-7H2,1H3/t8-,11+/m0/s1. The molecule has 2 atom stereocenters. The lowest BCUT2D eigenvalue weighted by Gasteiger charge is -2.29. The zero-order valence-corrected chi connectivity index (χ0v) is 8.81. The average molecular weight is 205 g/mol. The lowest BCUT2D eigenvalue weighted by Crippen LogP contribution is -2.51. The Labute approximate surface area is 89.3 Å². The Kier molecular flexibility index (Phi) is 2.02. The summed E-state index contributed by atoms with van der Waals surface area (Å²) in [7, 11) is 1.68. The van der Waals surface area contributed by atoms with Crippen LogP contribution in [0.1, 0.15) is 0 Å². The van der Waals surface area contributed by atoms with Crippen LogP contribution in [0.3, 0.4) is 0 Å². The number of ether oxygens (including phenoxy) is 1. The van der Waals surface area contributed by atoms with Crippen LogP contribution in [0.2, 0.25) is 0 Å². The number of hydrogen-bond donors (Lipinski definition) is 1. The van der Waals surface area contributed by atoms with Crippen molar-refractivity contribution in [3.05, 3.63) is 18.5 Å². The second kappa shape index (κ2) is 3.38. The average Bonchev–Trinajstić information content (AvgIpc) is 2.55. The van der Waals surface area contributed by atoms with Crippen LogP contribution in [0, 0.1) is 5.92 Å². The topological polar surface area (TPSA) is 37.4 Å². The summed E-state index contributed by atoms with van der Waals surface area (Å²) in [6.45, 7) is 3.41. The summed E-state index contributed by atoms with van der Waals surface area (Å²) >= 11 is 0. The predicted molar refractivity (Wildman–Crippen MR) is 58.3 cm³/mol. The van der Waals surface area contributed by atoms with Gasteiger partial charge in [-0.1, -0.05) is 0 Å². The molecule has 1 N–H and O–H groups in total. The molecule has 0 unspecified atom stereocenters. The first-order valence-corrected chi connectivity index (χ1v) is 5.34. The maximum absolute atomic E-state index is 5.18. The quantitative estimate of drug-likeness (QED) is 0.763. The van der Waals surface area contributed by atoms with Crippen LogP contribution in [0.4, 0.5) is 5.69 Å². The Bertz CT molecular complexity index is 357. The van der Waals surface area contributed by atoms with Gasteiger partial charge in [0.15, 0.2) is 0 Å². The van der Waals surface area contributed by atoms with E-state index in [1.165, 1.54) is 12.2 Å². The normalized spacial score (nSPS) is 28.5. The van der Waals surface area contributed by atoms with Crippen LogP contribution < -0.4 is 15.0 Å². The van der Waals surface area contributed by atoms with Crippen molar-refractivity contribution >= 4 is 5.69 Å². The van der Waals surface area contributed by atoms with Crippen LogP contribution >= 0.6 is 0 Å². The molecular formula is C11H15N3O. The number of methoxy groups -OCH3 is 1. The molecule has 1 aromatic heterocycles. The lowest BCUT2D eigenvalue weighted by atomic mass is 9.96. The highest BCUT2D eigenvalue weighted by molar-refractivity contribution is 5.50. The molecule has 2 aliphatic rings. The van der Waals surface area contributed by atoms with E-state index in [9.17, 15) is 0 Å². The van der Waals surface area contributed by atoms with Gasteiger partial charge in [0.2, 0.25) is 0 Å². The summed E-state index contributed by atoms with van der Waals surface area (Å²) in [6.07, 6.45) is 3.65. The maximum atomic E-state index is 5.18. The van der Waals surface area contributed by atoms with Gasteiger partial charge in [0.25, 0.3) is 0 Å². The predicted octanol–water partition coefficient (Wildman–Crippen LogP) is 0.498. The number of fused-ring (bicyclic) bond motifs is 1. The van der Waals surface area contributed by atoms with Gasteiger partial charge >= 0.3 is 0 Å². The molecule has 0 spiro atoms. The molecule has 0 amide bonds. The van der Waals surface area contributed by atoms with Crippen LogP contribution in [-0.2, 0) is 0 Å². The van der Waals surface area contributed by atoms with Gasteiger partial charge in [0.1, 0.15) is 5.75 Å². The maximum Gasteiger partial charge on any atom is 0.139 e. The molecular weight excluding hydrogens is 190 g/mol. The zero-order chi connectivity index (χ0) is 10.3. The van der Waals surface area contributed by atoms with E-state index in [2.05, 4.69) is 21.3 Å². The van der Waals surface area contributed by atoms with E-state index in [-0.39, 0.29) is 0 Å². The Morgan fingerprint density at radius 3 is 3.00 bits per heavy atom. The molecule has 0 bridgehead atoms. The van der Waals surface area contributed by atoms with Gasteiger partial charge in [-0.3, -0.25) is 4.98 Å². The van der Waals surface area contributed by atoms with Crippen molar-refractivity contribution in [1.29, 1.82) is 0 Å². The largest absolute Gasteiger partial charge is 0.495 e. The van der Waals surface area contributed by atoms with Gasteiger partial charge in [0, 0.05) is 37.7 Å². The van der Waals surface area contributed by atoms with Gasteiger partial charge in [-0.05, 0) is 0 Å². The first-order valence-electron chi connectivity index (χ1n) is 5.34. The fourth-order valence-corrected chi connectivity index (χ4v) is 2.35. The van der Waals surface area contributed by atoms with Crippen molar-refractivity contribution in [2.45, 2.75) is 6.04 Å². The summed E-state index contributed by atoms with van der Waals surface area (Å²) < 4.78 is 5.18. The molecule has 15 heavy (non-hydrogen) atoms. The summed E-state index contributed by atoms with van der Waals surface area (Å²) in [5.74, 6) is 1.66. The molecule has 4 nitrogen and oxygen atoms in total. The van der Waals surface area contributed by atoms with Crippen LogP contribution in [-0.4, -0.2) is 37.8 Å². The highest BCUT2D eigenvalue weighted by Gasteiger charge is 2.39. The number of rotatable bonds is 2. The highest BCUT2D eigenvalue weighted by atomic mass is 16.5. The van der Waals surface area contributed by atoms with Crippen molar-refractivity contribution < 1.29 is 4.74 Å². The second-order valence-electron chi connectivity index (χ2n) is 4.26. The monoisotopic (exact) mass is 205 g/mol. The van der Waals surface area contributed by atoms with Gasteiger partial charge < -0.3 is 15.0 Å². The molecule has 3 heterocycles. The van der Waals surface area contributed by atoms with E-state index in [0.29, 0.717) is 6.04 Å². The summed E-state index contributed by atoms with van der Waals surface area (Å²) in [5.41, 5.74) is 1.17. The SMILES string of the molecule is COc1cncc(N2C[C@@H]3CN[C@@H]3C2)c1. The van der Waals surface area contributed by atoms with Crippen molar-refractivity contribution in [2.75, 3.05) is 31.6 Å². The van der Waals surface area contributed by atoms with Gasteiger partial charge in [0.05, 0.1) is 25.2 Å². The molecule has 2 fully saturated rings. The molecule has 4 heteroatoms. The molecule has 1 aromatic rings. The summed E-state index contributed by atoms with van der Waals surface area (Å²) in [4.78, 5) is 6.56. The van der Waals surface area contributed by atoms with Crippen molar-refractivity contribution in [2.24, 2.45) is 5.92 Å². The third kappa shape index (κ3) is 1.45. The Morgan fingerprint density at radius 2 is 2.40 bits per heavy atom. The third-order valence-electron chi connectivity index (χ3n) is 3.38. The van der Waals surface area contributed by atoms with Gasteiger partial charge in [-0.25, -0.2) is 0 Å². The van der Waals surface area contributed by atoms with Gasteiger partial charge in [-0.15, -0.1) is 0 Å². The number of nitrogens with zero attached hydrogens (tertiary/aromatic N) is 2. The fraction of sp³-hybridized carbons (Fsp3) is 0.545. The van der Waals surface area contributed by atoms with E-state index in [1.807, 2.05) is 6.20 Å². The lowest BCUT2D eigenvalue weighted by molar-refractivity contribution is 0.297. The summed E-state index contributed by atoms with van der Waals surface area (Å²) in [5, 5.41) is 3.44. The van der Waals surface area contributed by atoms with E-state index >= 15 is 0 Å². The minimum atomic E-state index is 0.691. The number of aromatic nitrogens is 1. The molecule has 2 aliphatic heterocycles. The third-order valence-corrected chi connectivity index (χ3v) is 3.38. The fourth-order valence-electron chi connectivity index (χ4n) is 2.35.